The quantitative estimate of drug-likeness (QED) is 0.215. The third kappa shape index (κ3) is 8.90. The van der Waals surface area contributed by atoms with Crippen LogP contribution in [0.2, 0.25) is 10.0 Å². The number of hydrogen-bond acceptors (Lipinski definition) is 6. The van der Waals surface area contributed by atoms with Gasteiger partial charge in [0.1, 0.15) is 23.4 Å². The Morgan fingerprint density at radius 3 is 2.37 bits per heavy atom. The van der Waals surface area contributed by atoms with Crippen LogP contribution in [0.15, 0.2) is 54.6 Å². The van der Waals surface area contributed by atoms with E-state index in [4.69, 9.17) is 32.7 Å². The summed E-state index contributed by atoms with van der Waals surface area (Å²) in [6, 6.07) is 13.1. The molecular weight excluding hydrogens is 599 g/mol. The minimum atomic E-state index is -1.34. The van der Waals surface area contributed by atoms with Crippen molar-refractivity contribution in [3.8, 4) is 11.8 Å². The Morgan fingerprint density at radius 2 is 1.77 bits per heavy atom. The first-order valence-electron chi connectivity index (χ1n) is 13.4. The number of nitrogens with zero attached hydrogens (tertiary/aromatic N) is 1. The van der Waals surface area contributed by atoms with E-state index in [2.05, 4.69) is 16.7 Å². The van der Waals surface area contributed by atoms with E-state index in [1.54, 1.807) is 12.1 Å². The normalized spacial score (nSPS) is 13.4. The third-order valence-corrected chi connectivity index (χ3v) is 7.23. The van der Waals surface area contributed by atoms with Crippen LogP contribution >= 0.6 is 23.2 Å². The number of carbonyl (C=O) groups excluding carboxylic acids is 2. The molecule has 3 aromatic carbocycles. The number of ether oxygens (including phenoxy) is 2. The number of carbonyl (C=O) groups is 2. The fourth-order valence-electron chi connectivity index (χ4n) is 4.79. The number of benzene rings is 3. The largest absolute Gasteiger partial charge is 0.495 e. The first kappa shape index (κ1) is 33.8. The molecule has 2 N–H and O–H groups in total. The molecule has 0 saturated heterocycles. The van der Waals surface area contributed by atoms with Crippen LogP contribution < -0.4 is 15.4 Å². The number of hydrogen-bond donors (Lipinski definition) is 2. The van der Waals surface area contributed by atoms with E-state index in [1.807, 2.05) is 20.8 Å². The lowest BCUT2D eigenvalue weighted by Gasteiger charge is -2.32. The number of nitrogens with one attached hydrogen (secondary N) is 2. The van der Waals surface area contributed by atoms with Gasteiger partial charge in [-0.25, -0.2) is 13.6 Å². The van der Waals surface area contributed by atoms with Crippen molar-refractivity contribution in [3.63, 3.8) is 0 Å². The summed E-state index contributed by atoms with van der Waals surface area (Å²) in [5, 5.41) is 16.3. The summed E-state index contributed by atoms with van der Waals surface area (Å²) in [4.78, 5) is 26.0. The van der Waals surface area contributed by atoms with E-state index < -0.39 is 41.5 Å². The van der Waals surface area contributed by atoms with Crippen LogP contribution in [-0.2, 0) is 16.0 Å². The molecular formula is C32H33Cl2F2N3O4. The molecule has 0 aliphatic carbocycles. The highest BCUT2D eigenvalue weighted by Gasteiger charge is 2.35. The molecule has 0 aromatic heterocycles. The second-order valence-electron chi connectivity index (χ2n) is 11.2. The Bertz CT molecular complexity index is 1520. The molecule has 0 aliphatic heterocycles. The second-order valence-corrected chi connectivity index (χ2v) is 12.0. The van der Waals surface area contributed by atoms with Gasteiger partial charge in [0, 0.05) is 16.6 Å². The predicted octanol–water partition coefficient (Wildman–Crippen LogP) is 7.32. The molecule has 228 valence electrons. The predicted molar refractivity (Wildman–Crippen MR) is 163 cm³/mol. The van der Waals surface area contributed by atoms with Crippen LogP contribution in [-0.4, -0.2) is 38.2 Å². The average molecular weight is 633 g/mol. The van der Waals surface area contributed by atoms with Gasteiger partial charge >= 0.3 is 5.97 Å². The molecule has 0 spiro atoms. The molecule has 3 unspecified atom stereocenters. The van der Waals surface area contributed by atoms with Gasteiger partial charge in [-0.1, -0.05) is 62.2 Å². The zero-order valence-electron chi connectivity index (χ0n) is 24.4. The Balaban J connectivity index is 2.08. The second kappa shape index (κ2) is 14.6. The highest BCUT2D eigenvalue weighted by Crippen LogP contribution is 2.32. The van der Waals surface area contributed by atoms with E-state index in [0.717, 1.165) is 0 Å². The van der Waals surface area contributed by atoms with Gasteiger partial charge < -0.3 is 20.1 Å². The SMILES string of the molecule is COC(=O)c1ccc(NC(=O)C(NC(Cc2ccc(Cl)cc2F)CC(C)(C)C)C(C#N)c2cccc(Cl)c2F)c(OC)c1. The maximum Gasteiger partial charge on any atom is 0.337 e. The number of amides is 1. The van der Waals surface area contributed by atoms with Gasteiger partial charge in [0.15, 0.2) is 0 Å². The molecule has 7 nitrogen and oxygen atoms in total. The zero-order chi connectivity index (χ0) is 31.9. The van der Waals surface area contributed by atoms with Crippen molar-refractivity contribution >= 4 is 40.8 Å². The van der Waals surface area contributed by atoms with Crippen molar-refractivity contribution in [3.05, 3.63) is 93.0 Å². The number of esters is 1. The molecule has 1 amide bonds. The van der Waals surface area contributed by atoms with Gasteiger partial charge in [-0.05, 0) is 60.2 Å². The molecule has 11 heteroatoms. The van der Waals surface area contributed by atoms with E-state index in [-0.39, 0.29) is 44.4 Å². The van der Waals surface area contributed by atoms with Gasteiger partial charge in [0.2, 0.25) is 5.91 Å². The summed E-state index contributed by atoms with van der Waals surface area (Å²) in [5.41, 5.74) is 0.387. The first-order valence-corrected chi connectivity index (χ1v) is 14.1. The lowest BCUT2D eigenvalue weighted by atomic mass is 9.84. The van der Waals surface area contributed by atoms with E-state index in [0.29, 0.717) is 12.0 Å². The monoisotopic (exact) mass is 631 g/mol. The van der Waals surface area contributed by atoms with Crippen LogP contribution in [0.4, 0.5) is 14.5 Å². The standard InChI is InChI=1S/C32H33Cl2F2N3O4/c1-32(2,3)16-21(13-18-9-11-20(33)15-25(18)35)38-29(23(17-37)22-7-6-8-24(34)28(22)36)30(40)39-26-12-10-19(31(41)43-5)14-27(26)42-4/h6-12,14-15,21,23,29,38H,13,16H2,1-5H3,(H,39,40). The lowest BCUT2D eigenvalue weighted by Crippen LogP contribution is -2.51. The average Bonchev–Trinajstić information content (AvgIpc) is 2.95. The van der Waals surface area contributed by atoms with Crippen molar-refractivity contribution in [1.82, 2.24) is 5.32 Å². The molecule has 0 radical (unpaired) electrons. The molecule has 43 heavy (non-hydrogen) atoms. The van der Waals surface area contributed by atoms with E-state index >= 15 is 4.39 Å². The van der Waals surface area contributed by atoms with Gasteiger partial charge in [-0.15, -0.1) is 0 Å². The summed E-state index contributed by atoms with van der Waals surface area (Å²) in [6.45, 7) is 5.96. The number of anilines is 1. The highest BCUT2D eigenvalue weighted by molar-refractivity contribution is 6.31. The van der Waals surface area contributed by atoms with Crippen molar-refractivity contribution in [2.45, 2.75) is 51.6 Å². The molecule has 3 atom stereocenters. The Labute approximate surface area is 260 Å². The third-order valence-electron chi connectivity index (χ3n) is 6.71. The maximum absolute atomic E-state index is 15.2. The fraction of sp³-hybridized carbons (Fsp3) is 0.344. The molecule has 0 aliphatic rings. The summed E-state index contributed by atoms with van der Waals surface area (Å²) in [6.07, 6.45) is 0.615. The van der Waals surface area contributed by atoms with Crippen molar-refractivity contribution in [2.24, 2.45) is 5.41 Å². The summed E-state index contributed by atoms with van der Waals surface area (Å²) >= 11 is 12.0. The summed E-state index contributed by atoms with van der Waals surface area (Å²) in [5.74, 6) is -3.81. The van der Waals surface area contributed by atoms with Crippen LogP contribution in [0.5, 0.6) is 5.75 Å². The van der Waals surface area contributed by atoms with Crippen LogP contribution in [0, 0.1) is 28.4 Å². The minimum Gasteiger partial charge on any atom is -0.495 e. The Morgan fingerprint density at radius 1 is 1.05 bits per heavy atom. The smallest absolute Gasteiger partial charge is 0.337 e. The number of rotatable bonds is 11. The maximum atomic E-state index is 15.2. The zero-order valence-corrected chi connectivity index (χ0v) is 25.9. The van der Waals surface area contributed by atoms with E-state index in [1.165, 1.54) is 56.7 Å². The highest BCUT2D eigenvalue weighted by atomic mass is 35.5. The molecule has 3 aromatic rings. The van der Waals surface area contributed by atoms with Gasteiger partial charge in [0.05, 0.1) is 42.5 Å². The van der Waals surface area contributed by atoms with Gasteiger partial charge in [-0.2, -0.15) is 5.26 Å². The Kier molecular flexibility index (Phi) is 11.5. The molecule has 3 rings (SSSR count). The Hall–Kier alpha value is -3.71. The van der Waals surface area contributed by atoms with Crippen LogP contribution in [0.1, 0.15) is 54.6 Å². The number of nitriles is 1. The molecule has 0 bridgehead atoms. The number of methoxy groups -OCH3 is 2. The van der Waals surface area contributed by atoms with Gasteiger partial charge in [0.25, 0.3) is 0 Å². The lowest BCUT2D eigenvalue weighted by molar-refractivity contribution is -0.118. The fourth-order valence-corrected chi connectivity index (χ4v) is 5.13. The van der Waals surface area contributed by atoms with E-state index in [9.17, 15) is 19.2 Å². The van der Waals surface area contributed by atoms with Crippen molar-refractivity contribution < 1.29 is 27.8 Å². The summed E-state index contributed by atoms with van der Waals surface area (Å²) < 4.78 is 40.2. The summed E-state index contributed by atoms with van der Waals surface area (Å²) in [7, 11) is 2.60. The molecule has 0 saturated carbocycles. The van der Waals surface area contributed by atoms with Crippen LogP contribution in [0.3, 0.4) is 0 Å². The van der Waals surface area contributed by atoms with Gasteiger partial charge in [-0.3, -0.25) is 4.79 Å². The van der Waals surface area contributed by atoms with Crippen LogP contribution in [0.25, 0.3) is 0 Å². The molecule has 0 heterocycles. The molecule has 0 fully saturated rings. The van der Waals surface area contributed by atoms with Crippen molar-refractivity contribution in [1.29, 1.82) is 5.26 Å². The number of halogens is 4. The van der Waals surface area contributed by atoms with Crippen molar-refractivity contribution in [2.75, 3.05) is 19.5 Å². The first-order chi connectivity index (χ1) is 20.3. The minimum absolute atomic E-state index is 0.0807. The topological polar surface area (TPSA) is 100 Å².